The second-order valence-electron chi connectivity index (χ2n) is 5.59. The molecule has 1 fully saturated rings. The normalized spacial score (nSPS) is 15.9. The Morgan fingerprint density at radius 2 is 2.05 bits per heavy atom. The Bertz CT molecular complexity index is 596. The first-order chi connectivity index (χ1) is 10.8. The second kappa shape index (κ2) is 7.01. The van der Waals surface area contributed by atoms with Crippen molar-refractivity contribution in [3.8, 4) is 5.88 Å². The minimum atomic E-state index is 0.365. The summed E-state index contributed by atoms with van der Waals surface area (Å²) in [5.74, 6) is 1.25. The SMILES string of the molecule is CSC1(CNc2nccc(OCc3ccccc3)n2)CCC1. The molecule has 3 rings (SSSR count). The van der Waals surface area contributed by atoms with Crippen LogP contribution < -0.4 is 10.1 Å². The summed E-state index contributed by atoms with van der Waals surface area (Å²) in [4.78, 5) is 8.71. The first kappa shape index (κ1) is 15.2. The minimum Gasteiger partial charge on any atom is -0.473 e. The number of benzene rings is 1. The average molecular weight is 315 g/mol. The Kier molecular flexibility index (Phi) is 4.83. The van der Waals surface area contributed by atoms with Crippen molar-refractivity contribution in [2.45, 2.75) is 30.6 Å². The highest BCUT2D eigenvalue weighted by Crippen LogP contribution is 2.42. The lowest BCUT2D eigenvalue weighted by atomic mass is 9.84. The van der Waals surface area contributed by atoms with Crippen molar-refractivity contribution in [1.29, 1.82) is 0 Å². The first-order valence-corrected chi connectivity index (χ1v) is 8.81. The molecular formula is C17H21N3OS. The number of hydrogen-bond donors (Lipinski definition) is 1. The summed E-state index contributed by atoms with van der Waals surface area (Å²) in [5, 5.41) is 3.35. The number of thioether (sulfide) groups is 1. The molecule has 1 aliphatic rings. The number of anilines is 1. The lowest BCUT2D eigenvalue weighted by Crippen LogP contribution is -2.40. The van der Waals surface area contributed by atoms with E-state index >= 15 is 0 Å². The minimum absolute atomic E-state index is 0.365. The number of nitrogens with one attached hydrogen (secondary N) is 1. The first-order valence-electron chi connectivity index (χ1n) is 7.58. The Balaban J connectivity index is 1.55. The lowest BCUT2D eigenvalue weighted by molar-refractivity contribution is 0.293. The van der Waals surface area contributed by atoms with Gasteiger partial charge in [0.2, 0.25) is 11.8 Å². The average Bonchev–Trinajstić information content (AvgIpc) is 2.54. The van der Waals surface area contributed by atoms with Crippen LogP contribution in [-0.4, -0.2) is 27.5 Å². The molecule has 1 aromatic carbocycles. The molecule has 1 N–H and O–H groups in total. The molecule has 5 heteroatoms. The van der Waals surface area contributed by atoms with Crippen LogP contribution >= 0.6 is 11.8 Å². The Morgan fingerprint density at radius 1 is 1.23 bits per heavy atom. The highest BCUT2D eigenvalue weighted by atomic mass is 32.2. The molecule has 22 heavy (non-hydrogen) atoms. The van der Waals surface area contributed by atoms with Crippen LogP contribution in [0.15, 0.2) is 42.6 Å². The van der Waals surface area contributed by atoms with Crippen molar-refractivity contribution in [3.05, 3.63) is 48.2 Å². The molecule has 0 unspecified atom stereocenters. The molecular weight excluding hydrogens is 294 g/mol. The highest BCUT2D eigenvalue weighted by molar-refractivity contribution is 8.00. The van der Waals surface area contributed by atoms with Crippen LogP contribution in [0.2, 0.25) is 0 Å². The fourth-order valence-corrected chi connectivity index (χ4v) is 3.42. The summed E-state index contributed by atoms with van der Waals surface area (Å²) in [6, 6.07) is 11.9. The van der Waals surface area contributed by atoms with Crippen LogP contribution in [0.4, 0.5) is 5.95 Å². The van der Waals surface area contributed by atoms with Gasteiger partial charge in [-0.25, -0.2) is 4.98 Å². The number of rotatable bonds is 7. The summed E-state index contributed by atoms with van der Waals surface area (Å²) < 4.78 is 6.10. The van der Waals surface area contributed by atoms with Gasteiger partial charge >= 0.3 is 0 Å². The lowest BCUT2D eigenvalue weighted by Gasteiger charge is -2.40. The van der Waals surface area contributed by atoms with Crippen LogP contribution in [0.5, 0.6) is 5.88 Å². The van der Waals surface area contributed by atoms with Gasteiger partial charge in [-0.3, -0.25) is 0 Å². The molecule has 1 aliphatic carbocycles. The van der Waals surface area contributed by atoms with Crippen molar-refractivity contribution in [3.63, 3.8) is 0 Å². The molecule has 2 aromatic rings. The summed E-state index contributed by atoms with van der Waals surface area (Å²) in [5.41, 5.74) is 1.13. The van der Waals surface area contributed by atoms with Crippen LogP contribution in [0, 0.1) is 0 Å². The van der Waals surface area contributed by atoms with Gasteiger partial charge < -0.3 is 10.1 Å². The molecule has 1 saturated carbocycles. The van der Waals surface area contributed by atoms with Gasteiger partial charge in [0.15, 0.2) is 0 Å². The molecule has 0 atom stereocenters. The van der Waals surface area contributed by atoms with Gasteiger partial charge in [0.05, 0.1) is 0 Å². The standard InChI is InChI=1S/C17H21N3OS/c1-22-17(9-5-10-17)13-19-16-18-11-8-15(20-16)21-12-14-6-3-2-4-7-14/h2-4,6-8,11H,5,9-10,12-13H2,1H3,(H,18,19,20). The maximum atomic E-state index is 5.73. The highest BCUT2D eigenvalue weighted by Gasteiger charge is 2.35. The van der Waals surface area contributed by atoms with Gasteiger partial charge in [0, 0.05) is 23.6 Å². The van der Waals surface area contributed by atoms with E-state index in [4.69, 9.17) is 4.74 Å². The quantitative estimate of drug-likeness (QED) is 0.843. The zero-order valence-electron chi connectivity index (χ0n) is 12.8. The van der Waals surface area contributed by atoms with Gasteiger partial charge in [-0.15, -0.1) is 0 Å². The third-order valence-electron chi connectivity index (χ3n) is 4.13. The summed E-state index contributed by atoms with van der Waals surface area (Å²) >= 11 is 1.94. The summed E-state index contributed by atoms with van der Waals surface area (Å²) in [6.07, 6.45) is 7.78. The zero-order valence-corrected chi connectivity index (χ0v) is 13.6. The molecule has 116 valence electrons. The van der Waals surface area contributed by atoms with Gasteiger partial charge in [0.1, 0.15) is 6.61 Å². The van der Waals surface area contributed by atoms with Crippen LogP contribution in [-0.2, 0) is 6.61 Å². The number of ether oxygens (including phenoxy) is 1. The van der Waals surface area contributed by atoms with Crippen LogP contribution in [0.1, 0.15) is 24.8 Å². The topological polar surface area (TPSA) is 47.0 Å². The van der Waals surface area contributed by atoms with E-state index in [9.17, 15) is 0 Å². The predicted molar refractivity (Wildman–Crippen MR) is 91.4 cm³/mol. The molecule has 0 radical (unpaired) electrons. The van der Waals surface area contributed by atoms with Crippen molar-refractivity contribution < 1.29 is 4.74 Å². The van der Waals surface area contributed by atoms with Crippen molar-refractivity contribution in [1.82, 2.24) is 9.97 Å². The van der Waals surface area contributed by atoms with E-state index < -0.39 is 0 Å². The molecule has 0 spiro atoms. The van der Waals surface area contributed by atoms with Crippen LogP contribution in [0.3, 0.4) is 0 Å². The fraction of sp³-hybridized carbons (Fsp3) is 0.412. The van der Waals surface area contributed by atoms with Crippen molar-refractivity contribution in [2.24, 2.45) is 0 Å². The van der Waals surface area contributed by atoms with E-state index in [2.05, 4.69) is 21.5 Å². The second-order valence-corrected chi connectivity index (χ2v) is 6.86. The van der Waals surface area contributed by atoms with E-state index in [0.717, 1.165) is 12.1 Å². The van der Waals surface area contributed by atoms with Crippen LogP contribution in [0.25, 0.3) is 0 Å². The van der Waals surface area contributed by atoms with E-state index in [-0.39, 0.29) is 0 Å². The molecule has 4 nitrogen and oxygen atoms in total. The van der Waals surface area contributed by atoms with E-state index in [0.29, 0.717) is 23.2 Å². The van der Waals surface area contributed by atoms with Gasteiger partial charge in [0.25, 0.3) is 0 Å². The smallest absolute Gasteiger partial charge is 0.225 e. The number of hydrogen-bond acceptors (Lipinski definition) is 5. The Morgan fingerprint density at radius 3 is 2.73 bits per heavy atom. The maximum Gasteiger partial charge on any atom is 0.225 e. The van der Waals surface area contributed by atoms with Gasteiger partial charge in [-0.1, -0.05) is 36.8 Å². The zero-order chi connectivity index (χ0) is 15.3. The number of nitrogens with zero attached hydrogens (tertiary/aromatic N) is 2. The molecule has 0 amide bonds. The van der Waals surface area contributed by atoms with Crippen molar-refractivity contribution >= 4 is 17.7 Å². The third kappa shape index (κ3) is 3.71. The molecule has 0 bridgehead atoms. The fourth-order valence-electron chi connectivity index (χ4n) is 2.50. The van der Waals surface area contributed by atoms with Gasteiger partial charge in [-0.2, -0.15) is 16.7 Å². The molecule has 1 aromatic heterocycles. The Hall–Kier alpha value is -1.75. The molecule has 0 saturated heterocycles. The summed E-state index contributed by atoms with van der Waals surface area (Å²) in [7, 11) is 0. The largest absolute Gasteiger partial charge is 0.473 e. The van der Waals surface area contributed by atoms with E-state index in [1.807, 2.05) is 42.1 Å². The molecule has 1 heterocycles. The van der Waals surface area contributed by atoms with E-state index in [1.165, 1.54) is 19.3 Å². The number of aromatic nitrogens is 2. The van der Waals surface area contributed by atoms with Crippen molar-refractivity contribution in [2.75, 3.05) is 18.1 Å². The monoisotopic (exact) mass is 315 g/mol. The Labute approximate surface area is 135 Å². The third-order valence-corrected chi connectivity index (χ3v) is 5.54. The van der Waals surface area contributed by atoms with E-state index in [1.54, 1.807) is 12.3 Å². The summed E-state index contributed by atoms with van der Waals surface area (Å²) in [6.45, 7) is 1.43. The maximum absolute atomic E-state index is 5.73. The molecule has 0 aliphatic heterocycles. The van der Waals surface area contributed by atoms with Gasteiger partial charge in [-0.05, 0) is 24.7 Å². The predicted octanol–water partition coefficient (Wildman–Crippen LogP) is 3.75.